The zero-order chi connectivity index (χ0) is 26.5. The fourth-order valence-corrected chi connectivity index (χ4v) is 5.21. The number of carbonyl (C=O) groups is 1. The largest absolute Gasteiger partial charge is 0.468 e. The van der Waals surface area contributed by atoms with Crippen LogP contribution in [0.2, 0.25) is 5.02 Å². The van der Waals surface area contributed by atoms with Crippen molar-refractivity contribution in [2.24, 2.45) is 0 Å². The average Bonchev–Trinajstić information content (AvgIpc) is 3.20. The lowest BCUT2D eigenvalue weighted by Crippen LogP contribution is -2.36. The van der Waals surface area contributed by atoms with Crippen LogP contribution in [0.4, 0.5) is 0 Å². The average molecular weight is 609 g/mol. The monoisotopic (exact) mass is 607 g/mol. The molecular formula is C21H24BrClN3O9P. The van der Waals surface area contributed by atoms with E-state index in [9.17, 15) is 24.1 Å². The Bertz CT molecular complexity index is 1270. The number of aliphatic hydroxyl groups is 1. The number of nitrogens with zero attached hydrogens (tertiary/aromatic N) is 1. The third kappa shape index (κ3) is 7.16. The maximum Gasteiger partial charge on any atom is 0.459 e. The summed E-state index contributed by atoms with van der Waals surface area (Å²) in [6.07, 6.45) is -0.315. The quantitative estimate of drug-likeness (QED) is 0.270. The number of aromatic amines is 1. The van der Waals surface area contributed by atoms with Crippen LogP contribution >= 0.6 is 35.3 Å². The van der Waals surface area contributed by atoms with E-state index in [1.807, 2.05) is 0 Å². The number of esters is 1. The fraction of sp³-hybridized carbons (Fsp3) is 0.381. The standard InChI is InChI=1S/C21H24BrClN3O9P/c1-12(20(29)32-2)25-36(31,35-15-5-3-14(23)4-6-15)33-11-17-16(27)9-18(34-17)26-10-13(7-8-22)19(28)24-21(26)30/h3-8,10,12,16-18,27H,9,11H2,1-2H3,(H,25,31)(H,24,28,30)/b8-7+/t12-,16+,17+,18+,36?/m0/s1. The van der Waals surface area contributed by atoms with Gasteiger partial charge in [0, 0.05) is 17.6 Å². The molecule has 0 saturated carbocycles. The van der Waals surface area contributed by atoms with Gasteiger partial charge in [-0.15, -0.1) is 0 Å². The Morgan fingerprint density at radius 1 is 1.42 bits per heavy atom. The Kier molecular flexibility index (Phi) is 9.70. The third-order valence-electron chi connectivity index (χ3n) is 5.11. The maximum atomic E-state index is 13.5. The Labute approximate surface area is 218 Å². The van der Waals surface area contributed by atoms with E-state index < -0.39 is 56.0 Å². The van der Waals surface area contributed by atoms with E-state index in [-0.39, 0.29) is 17.7 Å². The molecule has 0 aliphatic carbocycles. The Morgan fingerprint density at radius 2 is 2.11 bits per heavy atom. The first-order valence-electron chi connectivity index (χ1n) is 10.6. The van der Waals surface area contributed by atoms with Gasteiger partial charge < -0.3 is 19.1 Å². The van der Waals surface area contributed by atoms with Crippen molar-refractivity contribution in [1.82, 2.24) is 14.6 Å². The third-order valence-corrected chi connectivity index (χ3v) is 7.27. The molecule has 3 N–H and O–H groups in total. The molecule has 5 atom stereocenters. The van der Waals surface area contributed by atoms with Gasteiger partial charge in [0.15, 0.2) is 0 Å². The van der Waals surface area contributed by atoms with E-state index >= 15 is 0 Å². The smallest absolute Gasteiger partial charge is 0.459 e. The number of hydrogen-bond acceptors (Lipinski definition) is 9. The van der Waals surface area contributed by atoms with Crippen molar-refractivity contribution in [2.75, 3.05) is 13.7 Å². The molecule has 1 fully saturated rings. The summed E-state index contributed by atoms with van der Waals surface area (Å²) < 4.78 is 36.1. The van der Waals surface area contributed by atoms with Crippen molar-refractivity contribution in [1.29, 1.82) is 0 Å². The first-order valence-corrected chi connectivity index (χ1v) is 13.4. The summed E-state index contributed by atoms with van der Waals surface area (Å²) in [6, 6.07) is 4.89. The van der Waals surface area contributed by atoms with Crippen LogP contribution in [0, 0.1) is 0 Å². The van der Waals surface area contributed by atoms with E-state index in [1.165, 1.54) is 55.6 Å². The molecule has 1 saturated heterocycles. The van der Waals surface area contributed by atoms with E-state index in [1.54, 1.807) is 0 Å². The highest BCUT2D eigenvalue weighted by molar-refractivity contribution is 9.11. The minimum Gasteiger partial charge on any atom is -0.468 e. The Hall–Kier alpha value is -2.25. The van der Waals surface area contributed by atoms with E-state index in [0.29, 0.717) is 5.02 Å². The van der Waals surface area contributed by atoms with Crippen LogP contribution in [0.5, 0.6) is 5.75 Å². The summed E-state index contributed by atoms with van der Waals surface area (Å²) in [7, 11) is -3.02. The molecule has 12 nitrogen and oxygen atoms in total. The second-order valence-electron chi connectivity index (χ2n) is 7.69. The van der Waals surface area contributed by atoms with Crippen molar-refractivity contribution in [3.05, 3.63) is 66.9 Å². The predicted molar refractivity (Wildman–Crippen MR) is 134 cm³/mol. The maximum absolute atomic E-state index is 13.5. The van der Waals surface area contributed by atoms with Crippen molar-refractivity contribution in [2.45, 2.75) is 37.8 Å². The highest BCUT2D eigenvalue weighted by atomic mass is 79.9. The number of rotatable bonds is 10. The molecule has 1 unspecified atom stereocenters. The molecule has 2 aromatic rings. The molecule has 15 heteroatoms. The van der Waals surface area contributed by atoms with Crippen LogP contribution in [-0.2, 0) is 23.4 Å². The number of carbonyl (C=O) groups excluding carboxylic acids is 1. The number of nitrogens with one attached hydrogen (secondary N) is 2. The van der Waals surface area contributed by atoms with Crippen molar-refractivity contribution < 1.29 is 33.0 Å². The van der Waals surface area contributed by atoms with Gasteiger partial charge in [-0.05, 0) is 42.3 Å². The number of aliphatic hydroxyl groups excluding tert-OH is 1. The van der Waals surface area contributed by atoms with Gasteiger partial charge in [0.25, 0.3) is 5.56 Å². The molecule has 0 bridgehead atoms. The summed E-state index contributed by atoms with van der Waals surface area (Å²) in [6.45, 7) is 0.987. The molecule has 2 heterocycles. The molecule has 196 valence electrons. The number of ether oxygens (including phenoxy) is 2. The number of benzene rings is 1. The van der Waals surface area contributed by atoms with Crippen LogP contribution in [0.3, 0.4) is 0 Å². The minimum atomic E-state index is -4.20. The first kappa shape index (κ1) is 28.3. The van der Waals surface area contributed by atoms with Gasteiger partial charge in [0.05, 0.1) is 25.4 Å². The molecule has 3 rings (SSSR count). The van der Waals surface area contributed by atoms with Crippen LogP contribution in [0.15, 0.2) is 45.0 Å². The molecule has 1 aliphatic rings. The van der Waals surface area contributed by atoms with E-state index in [2.05, 4.69) is 30.7 Å². The second kappa shape index (κ2) is 12.3. The number of methoxy groups -OCH3 is 1. The summed E-state index contributed by atoms with van der Waals surface area (Å²) in [5, 5.41) is 13.4. The van der Waals surface area contributed by atoms with Crippen LogP contribution in [0.25, 0.3) is 6.08 Å². The highest BCUT2D eigenvalue weighted by Crippen LogP contribution is 2.46. The molecule has 0 spiro atoms. The van der Waals surface area contributed by atoms with Crippen LogP contribution in [0.1, 0.15) is 25.1 Å². The van der Waals surface area contributed by atoms with E-state index in [0.717, 1.165) is 4.57 Å². The fourth-order valence-electron chi connectivity index (χ4n) is 3.30. The molecular weight excluding hydrogens is 585 g/mol. The van der Waals surface area contributed by atoms with Crippen LogP contribution < -0.4 is 20.9 Å². The van der Waals surface area contributed by atoms with Gasteiger partial charge in [0.1, 0.15) is 24.1 Å². The molecule has 1 aliphatic heterocycles. The summed E-state index contributed by atoms with van der Waals surface area (Å²) >= 11 is 8.95. The Balaban J connectivity index is 1.76. The van der Waals surface area contributed by atoms with Crippen molar-refractivity contribution in [3.8, 4) is 5.75 Å². The highest BCUT2D eigenvalue weighted by Gasteiger charge is 2.39. The molecule has 0 radical (unpaired) electrons. The van der Waals surface area contributed by atoms with Gasteiger partial charge in [-0.25, -0.2) is 9.36 Å². The van der Waals surface area contributed by atoms with Gasteiger partial charge >= 0.3 is 19.4 Å². The van der Waals surface area contributed by atoms with Crippen molar-refractivity contribution in [3.63, 3.8) is 0 Å². The zero-order valence-electron chi connectivity index (χ0n) is 19.1. The molecule has 1 aromatic carbocycles. The van der Waals surface area contributed by atoms with Crippen LogP contribution in [-0.4, -0.2) is 52.6 Å². The van der Waals surface area contributed by atoms with E-state index in [4.69, 9.17) is 25.4 Å². The first-order chi connectivity index (χ1) is 17.0. The number of aromatic nitrogens is 2. The topological polar surface area (TPSA) is 158 Å². The molecule has 1 aromatic heterocycles. The van der Waals surface area contributed by atoms with Gasteiger partial charge in [-0.2, -0.15) is 5.09 Å². The SMILES string of the molecule is COC(=O)[C@H](C)NP(=O)(OC[C@H]1O[C@@H](n2cc(/C=C/Br)c(=O)[nH]c2=O)C[C@H]1O)Oc1ccc(Cl)cc1. The molecule has 0 amide bonds. The lowest BCUT2D eigenvalue weighted by Gasteiger charge is -2.24. The van der Waals surface area contributed by atoms with Gasteiger partial charge in [-0.1, -0.05) is 27.5 Å². The summed E-state index contributed by atoms with van der Waals surface area (Å²) in [5.41, 5.74) is -1.13. The van der Waals surface area contributed by atoms with Gasteiger partial charge in [0.2, 0.25) is 0 Å². The molecule has 36 heavy (non-hydrogen) atoms. The summed E-state index contributed by atoms with van der Waals surface area (Å²) in [5.74, 6) is -0.563. The zero-order valence-corrected chi connectivity index (χ0v) is 22.4. The lowest BCUT2D eigenvalue weighted by molar-refractivity contribution is -0.142. The summed E-state index contributed by atoms with van der Waals surface area (Å²) in [4.78, 5) is 39.7. The predicted octanol–water partition coefficient (Wildman–Crippen LogP) is 2.56. The second-order valence-corrected chi connectivity index (χ2v) is 10.3. The normalized spacial score (nSPS) is 22.3. The number of halogens is 2. The number of H-pyrrole nitrogens is 1. The van der Waals surface area contributed by atoms with Gasteiger partial charge in [-0.3, -0.25) is 23.7 Å². The Morgan fingerprint density at radius 3 is 2.75 bits per heavy atom. The lowest BCUT2D eigenvalue weighted by atomic mass is 10.2. The van der Waals surface area contributed by atoms with Crippen molar-refractivity contribution >= 4 is 47.3 Å². The number of hydrogen-bond donors (Lipinski definition) is 3. The minimum absolute atomic E-state index is 0.00816.